The molecule has 2 N–H and O–H groups in total. The minimum atomic E-state index is 0.459. The van der Waals surface area contributed by atoms with E-state index in [-0.39, 0.29) is 0 Å². The maximum atomic E-state index is 5.12. The molecule has 0 unspecified atom stereocenters. The van der Waals surface area contributed by atoms with Gasteiger partial charge in [-0.05, 0) is 36.0 Å². The van der Waals surface area contributed by atoms with E-state index in [1.165, 1.54) is 0 Å². The first-order valence-corrected chi connectivity index (χ1v) is 6.62. The molecule has 0 saturated carbocycles. The Hall–Kier alpha value is -2.46. The topological polar surface area (TPSA) is 36.4 Å². The first-order chi connectivity index (χ1) is 9.84. The SMILES string of the molecule is S=C(N/N=C/C=C/c1ccccc1)Nc1ccccc1. The zero-order valence-electron chi connectivity index (χ0n) is 10.9. The van der Waals surface area contributed by atoms with Gasteiger partial charge in [0, 0.05) is 11.9 Å². The predicted molar refractivity (Wildman–Crippen MR) is 89.8 cm³/mol. The largest absolute Gasteiger partial charge is 0.331 e. The van der Waals surface area contributed by atoms with Crippen molar-refractivity contribution in [2.45, 2.75) is 0 Å². The van der Waals surface area contributed by atoms with Crippen molar-refractivity contribution in [2.75, 3.05) is 5.32 Å². The number of para-hydroxylation sites is 1. The van der Waals surface area contributed by atoms with Gasteiger partial charge in [0.05, 0.1) is 0 Å². The van der Waals surface area contributed by atoms with Crippen LogP contribution in [-0.2, 0) is 0 Å². The molecule has 0 amide bonds. The van der Waals surface area contributed by atoms with Crippen LogP contribution in [0.1, 0.15) is 5.56 Å². The number of anilines is 1. The van der Waals surface area contributed by atoms with Crippen LogP contribution in [0, 0.1) is 0 Å². The molecule has 0 aromatic heterocycles. The average molecular weight is 281 g/mol. The lowest BCUT2D eigenvalue weighted by Gasteiger charge is -2.05. The zero-order valence-corrected chi connectivity index (χ0v) is 11.7. The zero-order chi connectivity index (χ0) is 14.0. The maximum absolute atomic E-state index is 5.12. The monoisotopic (exact) mass is 281 g/mol. The molecule has 0 heterocycles. The molecule has 2 rings (SSSR count). The van der Waals surface area contributed by atoms with E-state index in [2.05, 4.69) is 15.8 Å². The summed E-state index contributed by atoms with van der Waals surface area (Å²) in [6.45, 7) is 0. The van der Waals surface area contributed by atoms with Crippen LogP contribution < -0.4 is 10.7 Å². The quantitative estimate of drug-likeness (QED) is 0.510. The average Bonchev–Trinajstić information content (AvgIpc) is 2.49. The van der Waals surface area contributed by atoms with E-state index in [0.29, 0.717) is 5.11 Å². The van der Waals surface area contributed by atoms with Gasteiger partial charge in [-0.15, -0.1) is 0 Å². The molecule has 0 atom stereocenters. The molecular formula is C16H15N3S. The first-order valence-electron chi connectivity index (χ1n) is 6.21. The Morgan fingerprint density at radius 2 is 1.60 bits per heavy atom. The molecule has 0 radical (unpaired) electrons. The van der Waals surface area contributed by atoms with Crippen molar-refractivity contribution in [3.63, 3.8) is 0 Å². The van der Waals surface area contributed by atoms with Gasteiger partial charge in [0.25, 0.3) is 0 Å². The van der Waals surface area contributed by atoms with Crippen LogP contribution in [0.2, 0.25) is 0 Å². The second kappa shape index (κ2) is 7.86. The molecule has 0 aliphatic carbocycles. The van der Waals surface area contributed by atoms with Gasteiger partial charge in [0.1, 0.15) is 0 Å². The van der Waals surface area contributed by atoms with E-state index in [4.69, 9.17) is 12.2 Å². The molecule has 0 aliphatic rings. The minimum Gasteiger partial charge on any atom is -0.331 e. The van der Waals surface area contributed by atoms with Crippen molar-refractivity contribution in [2.24, 2.45) is 5.10 Å². The number of hydrogen-bond donors (Lipinski definition) is 2. The van der Waals surface area contributed by atoms with Crippen LogP contribution in [0.4, 0.5) is 5.69 Å². The van der Waals surface area contributed by atoms with Gasteiger partial charge in [-0.25, -0.2) is 0 Å². The van der Waals surface area contributed by atoms with Crippen LogP contribution in [0.3, 0.4) is 0 Å². The van der Waals surface area contributed by atoms with Crippen LogP contribution in [0.25, 0.3) is 6.08 Å². The number of rotatable bonds is 4. The fraction of sp³-hybridized carbons (Fsp3) is 0. The Morgan fingerprint density at radius 1 is 0.950 bits per heavy atom. The van der Waals surface area contributed by atoms with Crippen molar-refractivity contribution >= 4 is 35.3 Å². The number of hydrogen-bond acceptors (Lipinski definition) is 2. The third kappa shape index (κ3) is 5.04. The molecule has 0 saturated heterocycles. The van der Waals surface area contributed by atoms with E-state index in [0.717, 1.165) is 11.3 Å². The standard InChI is InChI=1S/C16H15N3S/c20-16(18-15-11-5-2-6-12-15)19-17-13-7-10-14-8-3-1-4-9-14/h1-13H,(H2,18,19,20)/b10-7+,17-13+. The lowest BCUT2D eigenvalue weighted by atomic mass is 10.2. The normalized spacial score (nSPS) is 10.8. The summed E-state index contributed by atoms with van der Waals surface area (Å²) in [6, 6.07) is 19.7. The molecule has 100 valence electrons. The number of allylic oxidation sites excluding steroid dienone is 1. The summed E-state index contributed by atoms with van der Waals surface area (Å²) in [5, 5.41) is 7.51. The summed E-state index contributed by atoms with van der Waals surface area (Å²) >= 11 is 5.12. The molecule has 20 heavy (non-hydrogen) atoms. The van der Waals surface area contributed by atoms with Gasteiger partial charge >= 0.3 is 0 Å². The highest BCUT2D eigenvalue weighted by Gasteiger charge is 1.93. The van der Waals surface area contributed by atoms with Gasteiger partial charge in [-0.1, -0.05) is 54.6 Å². The lowest BCUT2D eigenvalue weighted by molar-refractivity contribution is 1.05. The van der Waals surface area contributed by atoms with E-state index < -0.39 is 0 Å². The summed E-state index contributed by atoms with van der Waals surface area (Å²) in [5.74, 6) is 0. The van der Waals surface area contributed by atoms with Crippen LogP contribution in [-0.4, -0.2) is 11.3 Å². The van der Waals surface area contributed by atoms with Crippen LogP contribution in [0.15, 0.2) is 71.8 Å². The fourth-order valence-corrected chi connectivity index (χ4v) is 1.71. The predicted octanol–water partition coefficient (Wildman–Crippen LogP) is 3.67. The van der Waals surface area contributed by atoms with E-state index >= 15 is 0 Å². The van der Waals surface area contributed by atoms with Gasteiger partial charge in [0.2, 0.25) is 0 Å². The summed E-state index contributed by atoms with van der Waals surface area (Å²) < 4.78 is 0. The molecule has 2 aromatic rings. The second-order valence-electron chi connectivity index (χ2n) is 3.98. The van der Waals surface area contributed by atoms with Crippen LogP contribution in [0.5, 0.6) is 0 Å². The summed E-state index contributed by atoms with van der Waals surface area (Å²) in [4.78, 5) is 0. The minimum absolute atomic E-state index is 0.459. The summed E-state index contributed by atoms with van der Waals surface area (Å²) in [5.41, 5.74) is 4.82. The van der Waals surface area contributed by atoms with Crippen molar-refractivity contribution < 1.29 is 0 Å². The fourth-order valence-electron chi connectivity index (χ4n) is 1.54. The molecule has 0 fully saturated rings. The summed E-state index contributed by atoms with van der Waals surface area (Å²) in [6.07, 6.45) is 5.48. The Bertz CT molecular complexity index is 592. The van der Waals surface area contributed by atoms with E-state index in [1.807, 2.05) is 72.8 Å². The van der Waals surface area contributed by atoms with Gasteiger partial charge in [-0.3, -0.25) is 5.43 Å². The number of nitrogens with zero attached hydrogens (tertiary/aromatic N) is 1. The number of benzene rings is 2. The highest BCUT2D eigenvalue weighted by molar-refractivity contribution is 7.80. The third-order valence-electron chi connectivity index (χ3n) is 2.45. The molecule has 4 heteroatoms. The Balaban J connectivity index is 1.76. The molecule has 3 nitrogen and oxygen atoms in total. The Kier molecular flexibility index (Phi) is 5.49. The highest BCUT2D eigenvalue weighted by Crippen LogP contribution is 2.04. The van der Waals surface area contributed by atoms with Gasteiger partial charge < -0.3 is 5.32 Å². The summed E-state index contributed by atoms with van der Waals surface area (Å²) in [7, 11) is 0. The van der Waals surface area contributed by atoms with Crippen molar-refractivity contribution in [3.05, 3.63) is 72.3 Å². The van der Waals surface area contributed by atoms with Gasteiger partial charge in [-0.2, -0.15) is 5.10 Å². The van der Waals surface area contributed by atoms with E-state index in [1.54, 1.807) is 6.21 Å². The lowest BCUT2D eigenvalue weighted by Crippen LogP contribution is -2.23. The molecular weight excluding hydrogens is 266 g/mol. The van der Waals surface area contributed by atoms with Crippen molar-refractivity contribution in [1.82, 2.24) is 5.43 Å². The number of nitrogens with one attached hydrogen (secondary N) is 2. The molecule has 0 bridgehead atoms. The van der Waals surface area contributed by atoms with Crippen molar-refractivity contribution in [1.29, 1.82) is 0 Å². The van der Waals surface area contributed by atoms with Gasteiger partial charge in [0.15, 0.2) is 5.11 Å². The smallest absolute Gasteiger partial charge is 0.191 e. The van der Waals surface area contributed by atoms with Crippen LogP contribution >= 0.6 is 12.2 Å². The maximum Gasteiger partial charge on any atom is 0.191 e. The third-order valence-corrected chi connectivity index (χ3v) is 2.64. The molecule has 0 spiro atoms. The number of hydrazone groups is 1. The van der Waals surface area contributed by atoms with Crippen molar-refractivity contribution in [3.8, 4) is 0 Å². The first kappa shape index (κ1) is 14.0. The number of thiocarbonyl (C=S) groups is 1. The Morgan fingerprint density at radius 3 is 2.30 bits per heavy atom. The highest BCUT2D eigenvalue weighted by atomic mass is 32.1. The Labute approximate surface area is 124 Å². The molecule has 2 aromatic carbocycles. The van der Waals surface area contributed by atoms with E-state index in [9.17, 15) is 0 Å². The molecule has 0 aliphatic heterocycles. The second-order valence-corrected chi connectivity index (χ2v) is 4.39.